The largest absolute Gasteiger partial charge is 0.310 e. The monoisotopic (exact) mass is 692 g/mol. The Morgan fingerprint density at radius 3 is 1.94 bits per heavy atom. The zero-order chi connectivity index (χ0) is 35.6. The fourth-order valence-corrected chi connectivity index (χ4v) is 8.70. The van der Waals surface area contributed by atoms with Crippen LogP contribution in [0.15, 0.2) is 170 Å². The maximum atomic E-state index is 5.38. The first-order chi connectivity index (χ1) is 26.8. The van der Waals surface area contributed by atoms with E-state index in [2.05, 4.69) is 179 Å². The van der Waals surface area contributed by atoms with E-state index in [4.69, 9.17) is 9.97 Å². The lowest BCUT2D eigenvalue weighted by Crippen LogP contribution is -2.05. The van der Waals surface area contributed by atoms with Gasteiger partial charge in [0, 0.05) is 38.2 Å². The molecule has 6 aromatic carbocycles. The molecule has 0 radical (unpaired) electrons. The van der Waals surface area contributed by atoms with Crippen molar-refractivity contribution in [3.8, 4) is 28.3 Å². The Morgan fingerprint density at radius 2 is 1.15 bits per heavy atom. The molecule has 0 amide bonds. The molecule has 3 heterocycles. The molecular weight excluding hydrogens is 657 g/mol. The number of benzene rings is 6. The summed E-state index contributed by atoms with van der Waals surface area (Å²) in [5.74, 6) is 0.673. The van der Waals surface area contributed by atoms with Crippen molar-refractivity contribution in [3.05, 3.63) is 176 Å². The van der Waals surface area contributed by atoms with E-state index in [1.54, 1.807) is 0 Å². The third-order valence-electron chi connectivity index (χ3n) is 11.2. The summed E-state index contributed by atoms with van der Waals surface area (Å²) in [4.78, 5) is 10.7. The predicted molar refractivity (Wildman–Crippen MR) is 227 cm³/mol. The van der Waals surface area contributed by atoms with Gasteiger partial charge in [-0.25, -0.2) is 9.97 Å². The number of hydrogen-bond donors (Lipinski definition) is 0. The van der Waals surface area contributed by atoms with Gasteiger partial charge in [0.2, 0.25) is 5.95 Å². The summed E-state index contributed by atoms with van der Waals surface area (Å²) in [5.41, 5.74) is 12.4. The zero-order valence-electron chi connectivity index (χ0n) is 29.8. The van der Waals surface area contributed by atoms with Crippen LogP contribution in [0, 0.1) is 0 Å². The molecule has 9 aromatic rings. The summed E-state index contributed by atoms with van der Waals surface area (Å²) in [6.07, 6.45) is 17.9. The molecule has 256 valence electrons. The number of para-hydroxylation sites is 2. The summed E-state index contributed by atoms with van der Waals surface area (Å²) >= 11 is 0. The average molecular weight is 693 g/mol. The Balaban J connectivity index is 1.22. The lowest BCUT2D eigenvalue weighted by Gasteiger charge is -2.15. The highest BCUT2D eigenvalue weighted by Gasteiger charge is 2.23. The molecule has 11 rings (SSSR count). The van der Waals surface area contributed by atoms with Crippen molar-refractivity contribution in [1.82, 2.24) is 19.1 Å². The van der Waals surface area contributed by atoms with Gasteiger partial charge in [0.05, 0.1) is 33.5 Å². The highest BCUT2D eigenvalue weighted by Crippen LogP contribution is 2.44. The normalized spacial score (nSPS) is 14.4. The van der Waals surface area contributed by atoms with E-state index in [0.29, 0.717) is 5.95 Å². The van der Waals surface area contributed by atoms with E-state index >= 15 is 0 Å². The Labute approximate surface area is 313 Å². The first-order valence-electron chi connectivity index (χ1n) is 19.0. The summed E-state index contributed by atoms with van der Waals surface area (Å²) in [6.45, 7) is 0. The quantitative estimate of drug-likeness (QED) is 0.180. The van der Waals surface area contributed by atoms with Gasteiger partial charge in [0.15, 0.2) is 0 Å². The maximum Gasteiger partial charge on any atom is 0.235 e. The topological polar surface area (TPSA) is 35.6 Å². The lowest BCUT2D eigenvalue weighted by atomic mass is 9.94. The van der Waals surface area contributed by atoms with Gasteiger partial charge >= 0.3 is 0 Å². The predicted octanol–water partition coefficient (Wildman–Crippen LogP) is 13.1. The van der Waals surface area contributed by atoms with E-state index in [1.165, 1.54) is 60.2 Å². The van der Waals surface area contributed by atoms with E-state index in [0.717, 1.165) is 59.2 Å². The second-order valence-corrected chi connectivity index (χ2v) is 14.4. The van der Waals surface area contributed by atoms with E-state index in [1.807, 2.05) is 0 Å². The standard InChI is InChI=1S/C50H36N4/c1-4-16-33(17-5-1)43-32-44(34-18-6-2-7-19-34)52-50(51-43)54-46-27-15-13-25-40(46)48-41(30-35-20-10-11-23-38(35)49(48)54)36-28-29-47-42(31-36)39-24-12-14-26-45(39)53(47)37-21-8-3-9-22-37/h1,4-6,8,10-32H,2-3,7,9H2. The van der Waals surface area contributed by atoms with Gasteiger partial charge in [-0.15, -0.1) is 0 Å². The molecule has 0 bridgehead atoms. The fraction of sp³-hybridized carbons (Fsp3) is 0.0800. The van der Waals surface area contributed by atoms with Crippen LogP contribution < -0.4 is 0 Å². The van der Waals surface area contributed by atoms with Gasteiger partial charge in [0.25, 0.3) is 0 Å². The van der Waals surface area contributed by atoms with Crippen LogP contribution >= 0.6 is 0 Å². The van der Waals surface area contributed by atoms with E-state index in [9.17, 15) is 0 Å². The first-order valence-corrected chi connectivity index (χ1v) is 19.0. The number of fused-ring (bicyclic) bond motifs is 8. The number of rotatable bonds is 5. The summed E-state index contributed by atoms with van der Waals surface area (Å²) in [7, 11) is 0. The minimum Gasteiger partial charge on any atom is -0.310 e. The van der Waals surface area contributed by atoms with Gasteiger partial charge < -0.3 is 4.57 Å². The van der Waals surface area contributed by atoms with Crippen LogP contribution in [0.2, 0.25) is 0 Å². The molecule has 2 aliphatic rings. The Hall–Kier alpha value is -6.78. The molecular formula is C50H36N4. The maximum absolute atomic E-state index is 5.38. The van der Waals surface area contributed by atoms with Gasteiger partial charge in [-0.05, 0) is 90.2 Å². The minimum atomic E-state index is 0.673. The van der Waals surface area contributed by atoms with Crippen molar-refractivity contribution in [3.63, 3.8) is 0 Å². The fourth-order valence-electron chi connectivity index (χ4n) is 8.70. The molecule has 0 unspecified atom stereocenters. The van der Waals surface area contributed by atoms with Crippen molar-refractivity contribution in [2.45, 2.75) is 25.7 Å². The minimum absolute atomic E-state index is 0.673. The molecule has 0 spiro atoms. The number of aromatic nitrogens is 4. The number of allylic oxidation sites excluding steroid dienone is 8. The van der Waals surface area contributed by atoms with Crippen LogP contribution in [0.1, 0.15) is 31.4 Å². The molecule has 54 heavy (non-hydrogen) atoms. The van der Waals surface area contributed by atoms with Crippen molar-refractivity contribution in [2.24, 2.45) is 0 Å². The lowest BCUT2D eigenvalue weighted by molar-refractivity contribution is 0.980. The first kappa shape index (κ1) is 30.8. The van der Waals surface area contributed by atoms with E-state index < -0.39 is 0 Å². The van der Waals surface area contributed by atoms with Crippen molar-refractivity contribution >= 4 is 65.7 Å². The molecule has 0 N–H and O–H groups in total. The van der Waals surface area contributed by atoms with E-state index in [-0.39, 0.29) is 0 Å². The smallest absolute Gasteiger partial charge is 0.235 e. The molecule has 3 aromatic heterocycles. The molecule has 0 fully saturated rings. The van der Waals surface area contributed by atoms with Gasteiger partial charge in [-0.3, -0.25) is 4.57 Å². The number of nitrogens with zero attached hydrogens (tertiary/aromatic N) is 4. The third-order valence-corrected chi connectivity index (χ3v) is 11.2. The van der Waals surface area contributed by atoms with Crippen LogP contribution in [0.25, 0.3) is 94.0 Å². The average Bonchev–Trinajstić information content (AvgIpc) is 3.78. The SMILES string of the molecule is C1=CC(c2cc(-c3ccccc3)nc(-n3c4ccccc4c4c(-c5ccc6c(c5)c5ccccc5n6C5=CCCC=C5)cc5ccccc5c43)n2)=CCC1. The highest BCUT2D eigenvalue weighted by molar-refractivity contribution is 6.24. The zero-order valence-corrected chi connectivity index (χ0v) is 29.8. The molecule has 0 aliphatic heterocycles. The summed E-state index contributed by atoms with van der Waals surface area (Å²) in [5, 5.41) is 7.26. The molecule has 0 saturated heterocycles. The molecule has 0 saturated carbocycles. The molecule has 0 atom stereocenters. The Kier molecular flexibility index (Phi) is 7.09. The van der Waals surface area contributed by atoms with Crippen LogP contribution in [-0.2, 0) is 0 Å². The van der Waals surface area contributed by atoms with Gasteiger partial charge in [0.1, 0.15) is 0 Å². The summed E-state index contributed by atoms with van der Waals surface area (Å²) < 4.78 is 4.74. The van der Waals surface area contributed by atoms with Crippen molar-refractivity contribution < 1.29 is 0 Å². The Morgan fingerprint density at radius 1 is 0.463 bits per heavy atom. The van der Waals surface area contributed by atoms with Crippen LogP contribution in [0.5, 0.6) is 0 Å². The van der Waals surface area contributed by atoms with Crippen molar-refractivity contribution in [1.29, 1.82) is 0 Å². The number of hydrogen-bond acceptors (Lipinski definition) is 2. The summed E-state index contributed by atoms with van der Waals surface area (Å²) in [6, 6.07) is 48.4. The second kappa shape index (κ2) is 12.4. The van der Waals surface area contributed by atoms with Crippen molar-refractivity contribution in [2.75, 3.05) is 0 Å². The highest BCUT2D eigenvalue weighted by atomic mass is 15.2. The molecule has 2 aliphatic carbocycles. The van der Waals surface area contributed by atoms with Gasteiger partial charge in [-0.1, -0.05) is 127 Å². The molecule has 4 heteroatoms. The molecule has 4 nitrogen and oxygen atoms in total. The van der Waals surface area contributed by atoms with Gasteiger partial charge in [-0.2, -0.15) is 0 Å². The second-order valence-electron chi connectivity index (χ2n) is 14.4. The van der Waals surface area contributed by atoms with Crippen LogP contribution in [-0.4, -0.2) is 19.1 Å². The van der Waals surface area contributed by atoms with Crippen LogP contribution in [0.3, 0.4) is 0 Å². The Bertz CT molecular complexity index is 3090. The third kappa shape index (κ3) is 4.84. The van der Waals surface area contributed by atoms with Crippen LogP contribution in [0.4, 0.5) is 0 Å².